The van der Waals surface area contributed by atoms with Crippen LogP contribution in [0.2, 0.25) is 0 Å². The number of carbonyl (C=O) groups is 1. The molecule has 11 heavy (non-hydrogen) atoms. The van der Waals surface area contributed by atoms with Gasteiger partial charge < -0.3 is 0 Å². The number of hydrogen-bond acceptors (Lipinski definition) is 1. The number of Topliss-reactive ketones (excluding diaryl/α,β-unsaturated/α-hetero) is 1. The quantitative estimate of drug-likeness (QED) is 0.518. The lowest BCUT2D eigenvalue weighted by molar-refractivity contribution is -0.179. The zero-order valence-electron chi connectivity index (χ0n) is 6.86. The summed E-state index contributed by atoms with van der Waals surface area (Å²) in [5.74, 6) is 0.655. The van der Waals surface area contributed by atoms with Crippen molar-refractivity contribution in [3.05, 3.63) is 0 Å². The van der Waals surface area contributed by atoms with E-state index in [9.17, 15) is 4.79 Å². The van der Waals surface area contributed by atoms with Crippen LogP contribution < -0.4 is 0 Å². The van der Waals surface area contributed by atoms with E-state index >= 15 is 0 Å². The van der Waals surface area contributed by atoms with Crippen LogP contribution in [-0.4, -0.2) is 5.78 Å². The summed E-state index contributed by atoms with van der Waals surface area (Å²) in [6, 6.07) is 0. The first-order chi connectivity index (χ1) is 5.28. The molecule has 0 aromatic rings. The highest BCUT2D eigenvalue weighted by Crippen LogP contribution is 2.67. The Hall–Kier alpha value is -0.330. The monoisotopic (exact) mass is 150 g/mol. The molecule has 0 amide bonds. The van der Waals surface area contributed by atoms with Crippen molar-refractivity contribution in [2.45, 2.75) is 44.9 Å². The van der Waals surface area contributed by atoms with Gasteiger partial charge in [-0.3, -0.25) is 4.79 Å². The fraction of sp³-hybridized carbons (Fsp3) is 0.900. The van der Waals surface area contributed by atoms with Crippen molar-refractivity contribution in [2.75, 3.05) is 0 Å². The molecule has 0 saturated heterocycles. The van der Waals surface area contributed by atoms with Gasteiger partial charge in [0.1, 0.15) is 5.78 Å². The second kappa shape index (κ2) is 1.55. The summed E-state index contributed by atoms with van der Waals surface area (Å²) >= 11 is 0. The maximum Gasteiger partial charge on any atom is 0.145 e. The molecule has 0 aliphatic heterocycles. The third-order valence-corrected chi connectivity index (χ3v) is 4.26. The molecule has 3 rings (SSSR count). The molecule has 0 radical (unpaired) electrons. The second-order valence-corrected chi connectivity index (χ2v) is 4.77. The van der Waals surface area contributed by atoms with Gasteiger partial charge in [-0.25, -0.2) is 0 Å². The minimum absolute atomic E-state index is 0.250. The Bertz CT molecular complexity index is 199. The van der Waals surface area contributed by atoms with Crippen molar-refractivity contribution in [3.63, 3.8) is 0 Å². The Balaban J connectivity index is 1.83. The molecule has 60 valence electrons. The van der Waals surface area contributed by atoms with Crippen molar-refractivity contribution in [1.82, 2.24) is 0 Å². The van der Waals surface area contributed by atoms with Crippen LogP contribution >= 0.6 is 0 Å². The van der Waals surface area contributed by atoms with E-state index in [-0.39, 0.29) is 10.8 Å². The van der Waals surface area contributed by atoms with Gasteiger partial charge in [-0.05, 0) is 32.1 Å². The normalized spacial score (nSPS) is 36.2. The predicted octanol–water partition coefficient (Wildman–Crippen LogP) is 2.30. The van der Waals surface area contributed by atoms with Crippen molar-refractivity contribution >= 4 is 5.78 Å². The number of carbonyl (C=O) groups excluding carboxylic acids is 1. The van der Waals surface area contributed by atoms with Crippen molar-refractivity contribution < 1.29 is 4.79 Å². The fourth-order valence-electron chi connectivity index (χ4n) is 3.28. The predicted molar refractivity (Wildman–Crippen MR) is 42.2 cm³/mol. The van der Waals surface area contributed by atoms with Gasteiger partial charge in [0.2, 0.25) is 0 Å². The lowest BCUT2D eigenvalue weighted by atomic mass is 9.39. The zero-order valence-corrected chi connectivity index (χ0v) is 6.86. The lowest BCUT2D eigenvalue weighted by Gasteiger charge is -2.62. The molecule has 0 atom stereocenters. The van der Waals surface area contributed by atoms with E-state index in [0.717, 1.165) is 0 Å². The molecule has 3 aliphatic carbocycles. The Labute approximate surface area is 67.2 Å². The molecule has 0 N–H and O–H groups in total. The molecular weight excluding hydrogens is 136 g/mol. The fourth-order valence-corrected chi connectivity index (χ4v) is 3.28. The number of hydrogen-bond donors (Lipinski definition) is 0. The Morgan fingerprint density at radius 2 is 1.36 bits per heavy atom. The molecule has 3 fully saturated rings. The third-order valence-electron chi connectivity index (χ3n) is 4.26. The molecule has 0 heterocycles. The molecule has 1 heteroatoms. The van der Waals surface area contributed by atoms with Gasteiger partial charge in [-0.2, -0.15) is 0 Å². The van der Waals surface area contributed by atoms with Crippen molar-refractivity contribution in [2.24, 2.45) is 10.8 Å². The molecule has 0 aromatic carbocycles. The minimum Gasteiger partial charge on any atom is -0.298 e. The van der Waals surface area contributed by atoms with E-state index in [0.29, 0.717) is 5.78 Å². The second-order valence-electron chi connectivity index (χ2n) is 4.77. The summed E-state index contributed by atoms with van der Waals surface area (Å²) in [6.07, 6.45) is 8.74. The highest BCUT2D eigenvalue weighted by molar-refractivity contribution is 5.97. The van der Waals surface area contributed by atoms with Crippen LogP contribution in [0.15, 0.2) is 0 Å². The van der Waals surface area contributed by atoms with Crippen LogP contribution in [0.3, 0.4) is 0 Å². The Kier molecular flexibility index (Phi) is 0.875. The van der Waals surface area contributed by atoms with Crippen molar-refractivity contribution in [3.8, 4) is 0 Å². The van der Waals surface area contributed by atoms with E-state index in [1.807, 2.05) is 0 Å². The molecule has 3 aliphatic rings. The van der Waals surface area contributed by atoms with Gasteiger partial charge in [-0.15, -0.1) is 0 Å². The standard InChI is InChI=1S/C10H14O/c11-8-9(3-1-4-9)7-10(8)5-2-6-10/h1-7H2. The SMILES string of the molecule is O=C1C2(CCC2)CC12CCC2. The van der Waals surface area contributed by atoms with Crippen LogP contribution in [0.5, 0.6) is 0 Å². The van der Waals surface area contributed by atoms with E-state index in [2.05, 4.69) is 0 Å². The molecule has 2 spiro atoms. The topological polar surface area (TPSA) is 17.1 Å². The summed E-state index contributed by atoms with van der Waals surface area (Å²) < 4.78 is 0. The van der Waals surface area contributed by atoms with Gasteiger partial charge in [0.15, 0.2) is 0 Å². The number of rotatable bonds is 0. The molecule has 0 unspecified atom stereocenters. The summed E-state index contributed by atoms with van der Waals surface area (Å²) in [6.45, 7) is 0. The largest absolute Gasteiger partial charge is 0.298 e. The van der Waals surface area contributed by atoms with E-state index in [1.165, 1.54) is 44.9 Å². The summed E-state index contributed by atoms with van der Waals surface area (Å²) in [5, 5.41) is 0. The summed E-state index contributed by atoms with van der Waals surface area (Å²) in [5.41, 5.74) is 0.501. The Morgan fingerprint density at radius 3 is 1.55 bits per heavy atom. The summed E-state index contributed by atoms with van der Waals surface area (Å²) in [7, 11) is 0. The minimum atomic E-state index is 0.250. The molecule has 0 aromatic heterocycles. The Morgan fingerprint density at radius 1 is 0.909 bits per heavy atom. The van der Waals surface area contributed by atoms with Crippen molar-refractivity contribution in [1.29, 1.82) is 0 Å². The molecule has 1 nitrogen and oxygen atoms in total. The average Bonchev–Trinajstić information content (AvgIpc) is 1.78. The van der Waals surface area contributed by atoms with Gasteiger partial charge in [0.05, 0.1) is 0 Å². The zero-order chi connectivity index (χ0) is 7.53. The van der Waals surface area contributed by atoms with Crippen LogP contribution in [0.1, 0.15) is 44.9 Å². The van der Waals surface area contributed by atoms with Crippen LogP contribution in [0.25, 0.3) is 0 Å². The third kappa shape index (κ3) is 0.502. The maximum atomic E-state index is 11.8. The maximum absolute atomic E-state index is 11.8. The van der Waals surface area contributed by atoms with E-state index < -0.39 is 0 Å². The van der Waals surface area contributed by atoms with Gasteiger partial charge in [0, 0.05) is 10.8 Å². The molecular formula is C10H14O. The highest BCUT2D eigenvalue weighted by Gasteiger charge is 2.66. The summed E-state index contributed by atoms with van der Waals surface area (Å²) in [4.78, 5) is 11.8. The molecule has 3 saturated carbocycles. The molecule has 0 bridgehead atoms. The van der Waals surface area contributed by atoms with Gasteiger partial charge >= 0.3 is 0 Å². The first-order valence-corrected chi connectivity index (χ1v) is 4.83. The highest BCUT2D eigenvalue weighted by atomic mass is 16.1. The van der Waals surface area contributed by atoms with Crippen LogP contribution in [0.4, 0.5) is 0 Å². The smallest absolute Gasteiger partial charge is 0.145 e. The van der Waals surface area contributed by atoms with Gasteiger partial charge in [0.25, 0.3) is 0 Å². The first-order valence-electron chi connectivity index (χ1n) is 4.83. The lowest BCUT2D eigenvalue weighted by Crippen LogP contribution is -2.63. The first kappa shape index (κ1) is 6.22. The van der Waals surface area contributed by atoms with Crippen LogP contribution in [0, 0.1) is 10.8 Å². The van der Waals surface area contributed by atoms with Crippen LogP contribution in [-0.2, 0) is 4.79 Å². The van der Waals surface area contributed by atoms with Gasteiger partial charge in [-0.1, -0.05) is 12.8 Å². The van der Waals surface area contributed by atoms with E-state index in [4.69, 9.17) is 0 Å². The average molecular weight is 150 g/mol. The number of ketones is 1. The van der Waals surface area contributed by atoms with E-state index in [1.54, 1.807) is 0 Å².